The molecule has 1 aliphatic heterocycles. The van der Waals surface area contributed by atoms with Gasteiger partial charge >= 0.3 is 0 Å². The van der Waals surface area contributed by atoms with Crippen LogP contribution in [0.2, 0.25) is 0 Å². The van der Waals surface area contributed by atoms with Crippen LogP contribution in [0.3, 0.4) is 0 Å². The van der Waals surface area contributed by atoms with Gasteiger partial charge in [-0.05, 0) is 30.3 Å². The Labute approximate surface area is 147 Å². The summed E-state index contributed by atoms with van der Waals surface area (Å²) in [4.78, 5) is 24.5. The minimum atomic E-state index is -3.85. The summed E-state index contributed by atoms with van der Waals surface area (Å²) in [6.07, 6.45) is 0. The van der Waals surface area contributed by atoms with Gasteiger partial charge in [0.25, 0.3) is 5.91 Å². The molecule has 1 aliphatic rings. The van der Waals surface area contributed by atoms with E-state index in [0.717, 1.165) is 0 Å². The maximum atomic E-state index is 12.8. The minimum absolute atomic E-state index is 0.0334. The van der Waals surface area contributed by atoms with E-state index in [9.17, 15) is 18.0 Å². The lowest BCUT2D eigenvalue weighted by atomic mass is 10.0. The van der Waals surface area contributed by atoms with Gasteiger partial charge in [0, 0.05) is 27.7 Å². The van der Waals surface area contributed by atoms with E-state index < -0.39 is 15.7 Å². The van der Waals surface area contributed by atoms with Crippen molar-refractivity contribution in [3.8, 4) is 0 Å². The summed E-state index contributed by atoms with van der Waals surface area (Å²) >= 11 is 3.13. The molecule has 3 rings (SSSR count). The van der Waals surface area contributed by atoms with E-state index in [1.165, 1.54) is 30.3 Å². The van der Waals surface area contributed by atoms with Gasteiger partial charge in [-0.3, -0.25) is 9.59 Å². The summed E-state index contributed by atoms with van der Waals surface area (Å²) in [5.74, 6) is -0.809. The van der Waals surface area contributed by atoms with Gasteiger partial charge in [-0.1, -0.05) is 34.6 Å². The number of rotatable bonds is 3. The van der Waals surface area contributed by atoms with Gasteiger partial charge in [-0.25, -0.2) is 8.42 Å². The number of carbonyl (C=O) groups excluding carboxylic acids is 2. The minimum Gasteiger partial charge on any atom is -0.347 e. The molecule has 0 aromatic heterocycles. The third-order valence-corrected chi connectivity index (χ3v) is 5.77. The van der Waals surface area contributed by atoms with Crippen LogP contribution in [-0.4, -0.2) is 26.7 Å². The molecule has 0 saturated carbocycles. The molecular formula is C17H12BrNO4S. The van der Waals surface area contributed by atoms with Crippen LogP contribution in [0.1, 0.15) is 26.3 Å². The summed E-state index contributed by atoms with van der Waals surface area (Å²) in [5, 5.41) is 2.60. The zero-order valence-electron chi connectivity index (χ0n) is 12.4. The molecule has 24 heavy (non-hydrogen) atoms. The lowest BCUT2D eigenvalue weighted by Crippen LogP contribution is -2.26. The van der Waals surface area contributed by atoms with E-state index in [2.05, 4.69) is 27.8 Å². The van der Waals surface area contributed by atoms with Gasteiger partial charge in [0.2, 0.25) is 9.84 Å². The van der Waals surface area contributed by atoms with Gasteiger partial charge in [-0.2, -0.15) is 0 Å². The molecule has 2 aromatic carbocycles. The molecule has 1 heterocycles. The van der Waals surface area contributed by atoms with Crippen molar-refractivity contribution in [2.75, 3.05) is 6.54 Å². The summed E-state index contributed by atoms with van der Waals surface area (Å²) in [6.45, 7) is 3.82. The first kappa shape index (κ1) is 16.6. The Morgan fingerprint density at radius 2 is 1.75 bits per heavy atom. The predicted molar refractivity (Wildman–Crippen MR) is 92.2 cm³/mol. The van der Waals surface area contributed by atoms with E-state index in [-0.39, 0.29) is 38.8 Å². The van der Waals surface area contributed by atoms with E-state index in [4.69, 9.17) is 0 Å². The topological polar surface area (TPSA) is 80.3 Å². The lowest BCUT2D eigenvalue weighted by molar-refractivity contribution is 0.0955. The highest BCUT2D eigenvalue weighted by molar-refractivity contribution is 9.11. The molecule has 0 saturated heterocycles. The first-order valence-electron chi connectivity index (χ1n) is 6.96. The van der Waals surface area contributed by atoms with E-state index in [1.54, 1.807) is 12.1 Å². The zero-order chi connectivity index (χ0) is 17.5. The predicted octanol–water partition coefficient (Wildman–Crippen LogP) is 2.70. The Morgan fingerprint density at radius 1 is 1.08 bits per heavy atom. The van der Waals surface area contributed by atoms with Crippen LogP contribution in [0, 0.1) is 0 Å². The second-order valence-corrected chi connectivity index (χ2v) is 8.25. The molecule has 1 N–H and O–H groups in total. The zero-order valence-corrected chi connectivity index (χ0v) is 14.8. The lowest BCUT2D eigenvalue weighted by Gasteiger charge is -2.19. The molecule has 2 aromatic rings. The third kappa shape index (κ3) is 2.70. The van der Waals surface area contributed by atoms with Gasteiger partial charge in [0.1, 0.15) is 0 Å². The van der Waals surface area contributed by atoms with Crippen molar-refractivity contribution in [2.45, 2.75) is 9.79 Å². The van der Waals surface area contributed by atoms with Crippen molar-refractivity contribution in [2.24, 2.45) is 0 Å². The van der Waals surface area contributed by atoms with Gasteiger partial charge in [0.05, 0.1) is 9.79 Å². The van der Waals surface area contributed by atoms with Gasteiger partial charge in [-0.15, -0.1) is 0 Å². The Kier molecular flexibility index (Phi) is 4.15. The third-order valence-electron chi connectivity index (χ3n) is 3.64. The Balaban J connectivity index is 2.10. The number of hydrogen-bond acceptors (Lipinski definition) is 4. The standard InChI is InChI=1S/C17H12BrNO4S/c1-10(18)9-19-17(21)11-6-7-13-15(8-11)24(22,23)14-5-3-2-4-12(14)16(13)20/h2-8H,1,9H2,(H,19,21). The first-order chi connectivity index (χ1) is 11.3. The fourth-order valence-electron chi connectivity index (χ4n) is 2.50. The van der Waals surface area contributed by atoms with Crippen molar-refractivity contribution >= 4 is 37.5 Å². The van der Waals surface area contributed by atoms with E-state index in [0.29, 0.717) is 4.48 Å². The van der Waals surface area contributed by atoms with Crippen LogP contribution in [0.15, 0.2) is 63.3 Å². The van der Waals surface area contributed by atoms with Crippen LogP contribution in [0.5, 0.6) is 0 Å². The molecule has 0 spiro atoms. The van der Waals surface area contributed by atoms with Crippen molar-refractivity contribution in [3.05, 3.63) is 70.2 Å². The summed E-state index contributed by atoms with van der Waals surface area (Å²) in [6, 6.07) is 10.1. The monoisotopic (exact) mass is 405 g/mol. The maximum absolute atomic E-state index is 12.8. The largest absolute Gasteiger partial charge is 0.347 e. The second kappa shape index (κ2) is 5.99. The van der Waals surface area contributed by atoms with Crippen molar-refractivity contribution in [1.29, 1.82) is 0 Å². The number of benzene rings is 2. The van der Waals surface area contributed by atoms with Crippen LogP contribution in [0.4, 0.5) is 0 Å². The molecule has 0 unspecified atom stereocenters. The molecular weight excluding hydrogens is 394 g/mol. The number of carbonyl (C=O) groups is 2. The fourth-order valence-corrected chi connectivity index (χ4v) is 4.32. The molecule has 0 aliphatic carbocycles. The Bertz CT molecular complexity index is 995. The smallest absolute Gasteiger partial charge is 0.251 e. The summed E-state index contributed by atoms with van der Waals surface area (Å²) < 4.78 is 26.1. The summed E-state index contributed by atoms with van der Waals surface area (Å²) in [5.41, 5.74) is 0.395. The average Bonchev–Trinajstić information content (AvgIpc) is 2.57. The highest BCUT2D eigenvalue weighted by Crippen LogP contribution is 2.34. The number of amides is 1. The Morgan fingerprint density at radius 3 is 2.46 bits per heavy atom. The number of halogens is 1. The number of ketones is 1. The van der Waals surface area contributed by atoms with Gasteiger partial charge in [0.15, 0.2) is 5.78 Å². The van der Waals surface area contributed by atoms with Crippen molar-refractivity contribution in [3.63, 3.8) is 0 Å². The van der Waals surface area contributed by atoms with Crippen molar-refractivity contribution in [1.82, 2.24) is 5.32 Å². The van der Waals surface area contributed by atoms with Crippen LogP contribution in [-0.2, 0) is 9.84 Å². The number of fused-ring (bicyclic) bond motifs is 2. The maximum Gasteiger partial charge on any atom is 0.251 e. The Hall–Kier alpha value is -2.25. The van der Waals surface area contributed by atoms with E-state index >= 15 is 0 Å². The normalized spacial score (nSPS) is 14.5. The second-order valence-electron chi connectivity index (χ2n) is 5.24. The molecule has 1 amide bonds. The molecule has 7 heteroatoms. The molecule has 0 bridgehead atoms. The van der Waals surface area contributed by atoms with Crippen LogP contribution in [0.25, 0.3) is 0 Å². The molecule has 0 fully saturated rings. The number of nitrogens with one attached hydrogen (secondary N) is 1. The highest BCUT2D eigenvalue weighted by atomic mass is 79.9. The van der Waals surface area contributed by atoms with Crippen molar-refractivity contribution < 1.29 is 18.0 Å². The number of hydrogen-bond donors (Lipinski definition) is 1. The molecule has 122 valence electrons. The summed E-state index contributed by atoms with van der Waals surface area (Å²) in [7, 11) is -3.85. The molecule has 0 atom stereocenters. The molecule has 5 nitrogen and oxygen atoms in total. The van der Waals surface area contributed by atoms with Gasteiger partial charge < -0.3 is 5.32 Å². The average molecular weight is 406 g/mol. The van der Waals surface area contributed by atoms with Crippen LogP contribution >= 0.6 is 15.9 Å². The van der Waals surface area contributed by atoms with E-state index in [1.807, 2.05) is 0 Å². The fraction of sp³-hybridized carbons (Fsp3) is 0.0588. The first-order valence-corrected chi connectivity index (χ1v) is 9.24. The molecule has 0 radical (unpaired) electrons. The highest BCUT2D eigenvalue weighted by Gasteiger charge is 2.34. The van der Waals surface area contributed by atoms with Crippen LogP contribution < -0.4 is 5.32 Å². The number of sulfone groups is 1. The SMILES string of the molecule is C=C(Br)CNC(=O)c1ccc2c(c1)S(=O)(=O)c1ccccc1C2=O. The quantitative estimate of drug-likeness (QED) is 0.726.